The monoisotopic (exact) mass is 286 g/mol. The van der Waals surface area contributed by atoms with E-state index in [1.54, 1.807) is 29.1 Å². The summed E-state index contributed by atoms with van der Waals surface area (Å²) >= 11 is 5.19. The number of aromatic nitrogens is 4. The second kappa shape index (κ2) is 4.97. The van der Waals surface area contributed by atoms with E-state index in [2.05, 4.69) is 15.1 Å². The summed E-state index contributed by atoms with van der Waals surface area (Å²) in [7, 11) is 1.85. The molecule has 0 saturated heterocycles. The van der Waals surface area contributed by atoms with Crippen molar-refractivity contribution in [3.63, 3.8) is 0 Å². The van der Waals surface area contributed by atoms with Crippen molar-refractivity contribution in [1.82, 2.24) is 19.7 Å². The molecule has 100 valence electrons. The van der Waals surface area contributed by atoms with Crippen LogP contribution in [-0.4, -0.2) is 19.7 Å². The predicted molar refractivity (Wildman–Crippen MR) is 77.0 cm³/mol. The molecule has 0 unspecified atom stereocenters. The summed E-state index contributed by atoms with van der Waals surface area (Å²) in [5.74, 6) is 0.326. The van der Waals surface area contributed by atoms with Crippen molar-refractivity contribution < 1.29 is 4.39 Å². The highest BCUT2D eigenvalue weighted by Crippen LogP contribution is 2.21. The van der Waals surface area contributed by atoms with Gasteiger partial charge >= 0.3 is 0 Å². The maximum absolute atomic E-state index is 13.0. The summed E-state index contributed by atoms with van der Waals surface area (Å²) in [5, 5.41) is 4.13. The first-order valence-electron chi connectivity index (χ1n) is 5.98. The van der Waals surface area contributed by atoms with Crippen LogP contribution in [0.25, 0.3) is 22.6 Å². The number of hydrogen-bond donors (Lipinski definition) is 1. The van der Waals surface area contributed by atoms with Crippen molar-refractivity contribution in [2.24, 2.45) is 7.05 Å². The third-order valence-corrected chi connectivity index (χ3v) is 3.09. The molecule has 0 aliphatic rings. The number of hydrogen-bond acceptors (Lipinski definition) is 3. The molecule has 0 saturated carbocycles. The van der Waals surface area contributed by atoms with E-state index in [1.165, 1.54) is 12.1 Å². The van der Waals surface area contributed by atoms with Crippen molar-refractivity contribution in [2.45, 2.75) is 0 Å². The predicted octanol–water partition coefficient (Wildman–Crippen LogP) is 3.35. The van der Waals surface area contributed by atoms with Gasteiger partial charge in [0.1, 0.15) is 16.3 Å². The van der Waals surface area contributed by atoms with Gasteiger partial charge in [-0.05, 0) is 30.3 Å². The number of benzene rings is 1. The fourth-order valence-electron chi connectivity index (χ4n) is 1.92. The van der Waals surface area contributed by atoms with Gasteiger partial charge in [0.2, 0.25) is 0 Å². The van der Waals surface area contributed by atoms with E-state index in [9.17, 15) is 4.39 Å². The van der Waals surface area contributed by atoms with Gasteiger partial charge in [-0.15, -0.1) is 0 Å². The molecule has 0 radical (unpaired) electrons. The lowest BCUT2D eigenvalue weighted by Crippen LogP contribution is -1.92. The highest BCUT2D eigenvalue weighted by Gasteiger charge is 2.06. The minimum Gasteiger partial charge on any atom is -0.339 e. The van der Waals surface area contributed by atoms with Crippen LogP contribution >= 0.6 is 12.2 Å². The molecule has 6 heteroatoms. The van der Waals surface area contributed by atoms with Gasteiger partial charge in [0, 0.05) is 24.4 Å². The molecule has 1 N–H and O–H groups in total. The summed E-state index contributed by atoms with van der Waals surface area (Å²) in [5.41, 5.74) is 2.53. The van der Waals surface area contributed by atoms with Crippen molar-refractivity contribution in [2.75, 3.05) is 0 Å². The fraction of sp³-hybridized carbons (Fsp3) is 0.0714. The Kier molecular flexibility index (Phi) is 3.15. The molecule has 3 rings (SSSR count). The lowest BCUT2D eigenvalue weighted by molar-refractivity contribution is 0.628. The molecule has 0 amide bonds. The number of aryl methyl sites for hydroxylation is 1. The second-order valence-electron chi connectivity index (χ2n) is 4.39. The molecule has 0 fully saturated rings. The zero-order valence-corrected chi connectivity index (χ0v) is 11.5. The molecule has 0 aliphatic heterocycles. The van der Waals surface area contributed by atoms with Gasteiger partial charge in [-0.3, -0.25) is 4.68 Å². The van der Waals surface area contributed by atoms with Gasteiger partial charge in [-0.25, -0.2) is 9.37 Å². The Bertz CT molecular complexity index is 805. The summed E-state index contributed by atoms with van der Waals surface area (Å²) in [6.07, 6.45) is 3.63. The Morgan fingerprint density at radius 2 is 1.95 bits per heavy atom. The van der Waals surface area contributed by atoms with E-state index >= 15 is 0 Å². The Morgan fingerprint density at radius 3 is 2.60 bits per heavy atom. The minimum atomic E-state index is -0.282. The molecular formula is C14H11FN4S. The summed E-state index contributed by atoms with van der Waals surface area (Å²) in [4.78, 5) is 7.47. The van der Waals surface area contributed by atoms with Crippen molar-refractivity contribution in [3.05, 3.63) is 53.2 Å². The van der Waals surface area contributed by atoms with Gasteiger partial charge in [-0.1, -0.05) is 12.2 Å². The third-order valence-electron chi connectivity index (χ3n) is 2.88. The van der Waals surface area contributed by atoms with Crippen LogP contribution in [-0.2, 0) is 7.05 Å². The molecule has 20 heavy (non-hydrogen) atoms. The van der Waals surface area contributed by atoms with Gasteiger partial charge < -0.3 is 4.98 Å². The first-order chi connectivity index (χ1) is 9.61. The number of rotatable bonds is 2. The second-order valence-corrected chi connectivity index (χ2v) is 4.81. The van der Waals surface area contributed by atoms with Crippen LogP contribution in [0.15, 0.2) is 42.7 Å². The largest absolute Gasteiger partial charge is 0.339 e. The molecule has 3 aromatic rings. The number of nitrogens with one attached hydrogen (secondary N) is 1. The smallest absolute Gasteiger partial charge is 0.139 e. The van der Waals surface area contributed by atoms with E-state index in [-0.39, 0.29) is 5.82 Å². The number of halogens is 1. The van der Waals surface area contributed by atoms with E-state index in [0.29, 0.717) is 10.5 Å². The van der Waals surface area contributed by atoms with Crippen LogP contribution in [0.5, 0.6) is 0 Å². The third kappa shape index (κ3) is 2.50. The van der Waals surface area contributed by atoms with Gasteiger partial charge in [0.25, 0.3) is 0 Å². The number of nitrogens with zero attached hydrogens (tertiary/aromatic N) is 3. The topological polar surface area (TPSA) is 46.5 Å². The van der Waals surface area contributed by atoms with E-state index < -0.39 is 0 Å². The molecule has 0 atom stereocenters. The van der Waals surface area contributed by atoms with Crippen LogP contribution in [0.1, 0.15) is 0 Å². The van der Waals surface area contributed by atoms with Crippen LogP contribution in [0, 0.1) is 10.5 Å². The fourth-order valence-corrected chi connectivity index (χ4v) is 2.13. The Hall–Kier alpha value is -2.34. The number of aromatic amines is 1. The molecular weight excluding hydrogens is 275 g/mol. The molecule has 4 nitrogen and oxygen atoms in total. The molecule has 2 aromatic heterocycles. The molecule has 0 bridgehead atoms. The van der Waals surface area contributed by atoms with Crippen LogP contribution in [0.4, 0.5) is 4.39 Å². The molecule has 0 aliphatic carbocycles. The average molecular weight is 286 g/mol. The van der Waals surface area contributed by atoms with Gasteiger partial charge in [-0.2, -0.15) is 5.10 Å². The van der Waals surface area contributed by atoms with Crippen molar-refractivity contribution in [1.29, 1.82) is 0 Å². The Balaban J connectivity index is 2.11. The zero-order chi connectivity index (χ0) is 14.1. The maximum Gasteiger partial charge on any atom is 0.139 e. The van der Waals surface area contributed by atoms with Crippen molar-refractivity contribution >= 4 is 12.2 Å². The molecule has 1 aromatic carbocycles. The maximum atomic E-state index is 13.0. The van der Waals surface area contributed by atoms with Crippen LogP contribution < -0.4 is 0 Å². The van der Waals surface area contributed by atoms with Crippen LogP contribution in [0.2, 0.25) is 0 Å². The first kappa shape index (κ1) is 12.7. The SMILES string of the molecule is Cn1cc(-c2cc(=S)nc(-c3ccc(F)cc3)[nH]2)cn1. The van der Waals surface area contributed by atoms with Gasteiger partial charge in [0.05, 0.1) is 11.9 Å². The van der Waals surface area contributed by atoms with E-state index in [4.69, 9.17) is 12.2 Å². The first-order valence-corrected chi connectivity index (χ1v) is 6.39. The quantitative estimate of drug-likeness (QED) is 0.735. The number of H-pyrrole nitrogens is 1. The molecule has 0 spiro atoms. The standard InChI is InChI=1S/C14H11FN4S/c1-19-8-10(7-16-19)12-6-13(20)18-14(17-12)9-2-4-11(15)5-3-9/h2-8H,1H3,(H,17,18,20). The zero-order valence-electron chi connectivity index (χ0n) is 10.7. The van der Waals surface area contributed by atoms with Gasteiger partial charge in [0.15, 0.2) is 0 Å². The lowest BCUT2D eigenvalue weighted by Gasteiger charge is -2.04. The van der Waals surface area contributed by atoms with Crippen molar-refractivity contribution in [3.8, 4) is 22.6 Å². The van der Waals surface area contributed by atoms with E-state index in [1.807, 2.05) is 13.2 Å². The highest BCUT2D eigenvalue weighted by molar-refractivity contribution is 7.71. The molecule has 2 heterocycles. The van der Waals surface area contributed by atoms with E-state index in [0.717, 1.165) is 16.8 Å². The Morgan fingerprint density at radius 1 is 1.20 bits per heavy atom. The summed E-state index contributed by atoms with van der Waals surface area (Å²) < 4.78 is 15.2. The minimum absolute atomic E-state index is 0.282. The summed E-state index contributed by atoms with van der Waals surface area (Å²) in [6.45, 7) is 0. The Labute approximate surface area is 119 Å². The highest BCUT2D eigenvalue weighted by atomic mass is 32.1. The average Bonchev–Trinajstić information content (AvgIpc) is 2.85. The van der Waals surface area contributed by atoms with Crippen LogP contribution in [0.3, 0.4) is 0 Å². The normalized spacial score (nSPS) is 10.7. The lowest BCUT2D eigenvalue weighted by atomic mass is 10.2. The summed E-state index contributed by atoms with van der Waals surface area (Å²) in [6, 6.07) is 7.89.